The van der Waals surface area contributed by atoms with Gasteiger partial charge in [0.15, 0.2) is 5.82 Å². The van der Waals surface area contributed by atoms with E-state index >= 15 is 0 Å². The minimum Gasteiger partial charge on any atom is -0.321 e. The van der Waals surface area contributed by atoms with Gasteiger partial charge in [0.2, 0.25) is 0 Å². The van der Waals surface area contributed by atoms with E-state index in [4.69, 9.17) is 0 Å². The van der Waals surface area contributed by atoms with Crippen molar-refractivity contribution in [3.8, 4) is 5.82 Å². The van der Waals surface area contributed by atoms with Gasteiger partial charge in [-0.15, -0.1) is 0 Å². The van der Waals surface area contributed by atoms with Crippen LogP contribution >= 0.6 is 0 Å². The van der Waals surface area contributed by atoms with E-state index in [2.05, 4.69) is 41.4 Å². The number of aromatic nitrogens is 3. The van der Waals surface area contributed by atoms with Crippen LogP contribution in [0.2, 0.25) is 0 Å². The first kappa shape index (κ1) is 18.9. The number of hydrogen-bond acceptors (Lipinski definition) is 3. The second-order valence-corrected chi connectivity index (χ2v) is 7.03. The largest absolute Gasteiger partial charge is 0.321 e. The molecule has 5 nitrogen and oxygen atoms in total. The number of aryl methyl sites for hydroxylation is 2. The van der Waals surface area contributed by atoms with Crippen molar-refractivity contribution in [3.05, 3.63) is 83.2 Å². The molecule has 0 saturated carbocycles. The highest BCUT2D eigenvalue weighted by molar-refractivity contribution is 6.05. The number of rotatable bonds is 5. The molecule has 1 N–H and O–H groups in total. The molecule has 29 heavy (non-hydrogen) atoms. The summed E-state index contributed by atoms with van der Waals surface area (Å²) in [6.45, 7) is 6.09. The number of benzene rings is 2. The molecule has 0 atom stereocenters. The van der Waals surface area contributed by atoms with Crippen molar-refractivity contribution in [3.63, 3.8) is 0 Å². The third-order valence-electron chi connectivity index (χ3n) is 5.29. The Labute approximate surface area is 170 Å². The predicted molar refractivity (Wildman–Crippen MR) is 117 cm³/mol. The first-order valence-electron chi connectivity index (χ1n) is 9.95. The lowest BCUT2D eigenvalue weighted by Crippen LogP contribution is -2.16. The van der Waals surface area contributed by atoms with Crippen molar-refractivity contribution in [2.24, 2.45) is 0 Å². The summed E-state index contributed by atoms with van der Waals surface area (Å²) in [4.78, 5) is 17.7. The first-order valence-corrected chi connectivity index (χ1v) is 9.95. The first-order chi connectivity index (χ1) is 14.1. The van der Waals surface area contributed by atoms with E-state index in [0.29, 0.717) is 11.4 Å². The lowest BCUT2D eigenvalue weighted by molar-refractivity contribution is 0.102. The summed E-state index contributed by atoms with van der Waals surface area (Å²) in [7, 11) is 0. The Balaban J connectivity index is 1.67. The van der Waals surface area contributed by atoms with Crippen LogP contribution in [0.25, 0.3) is 16.7 Å². The van der Waals surface area contributed by atoms with Crippen molar-refractivity contribution >= 4 is 22.5 Å². The molecule has 5 heteroatoms. The van der Waals surface area contributed by atoms with E-state index in [9.17, 15) is 4.79 Å². The lowest BCUT2D eigenvalue weighted by Gasteiger charge is -2.14. The topological polar surface area (TPSA) is 59.8 Å². The van der Waals surface area contributed by atoms with E-state index in [1.165, 1.54) is 0 Å². The van der Waals surface area contributed by atoms with Crippen molar-refractivity contribution in [1.82, 2.24) is 14.8 Å². The molecule has 0 radical (unpaired) electrons. The van der Waals surface area contributed by atoms with Crippen molar-refractivity contribution < 1.29 is 4.79 Å². The highest BCUT2D eigenvalue weighted by atomic mass is 16.1. The van der Waals surface area contributed by atoms with Crippen LogP contribution in [0, 0.1) is 6.92 Å². The maximum absolute atomic E-state index is 13.0. The van der Waals surface area contributed by atoms with Crippen LogP contribution in [0.5, 0.6) is 0 Å². The molecular weight excluding hydrogens is 360 g/mol. The Bertz CT molecular complexity index is 1170. The molecule has 146 valence electrons. The molecule has 0 aliphatic carbocycles. The molecule has 0 fully saturated rings. The summed E-state index contributed by atoms with van der Waals surface area (Å²) < 4.78 is 1.72. The van der Waals surface area contributed by atoms with Gasteiger partial charge in [0.25, 0.3) is 5.91 Å². The van der Waals surface area contributed by atoms with Gasteiger partial charge in [-0.25, -0.2) is 9.67 Å². The number of nitrogens with zero attached hydrogens (tertiary/aromatic N) is 3. The molecule has 2 aromatic carbocycles. The van der Waals surface area contributed by atoms with Crippen LogP contribution in [-0.2, 0) is 12.8 Å². The van der Waals surface area contributed by atoms with E-state index < -0.39 is 0 Å². The Kier molecular flexibility index (Phi) is 5.12. The van der Waals surface area contributed by atoms with Crippen LogP contribution < -0.4 is 5.32 Å². The number of anilines is 1. The summed E-state index contributed by atoms with van der Waals surface area (Å²) in [5.41, 5.74) is 5.40. The zero-order valence-electron chi connectivity index (χ0n) is 16.9. The van der Waals surface area contributed by atoms with Crippen LogP contribution in [0.4, 0.5) is 5.69 Å². The van der Waals surface area contributed by atoms with Crippen molar-refractivity contribution in [2.45, 2.75) is 33.6 Å². The Morgan fingerprint density at radius 1 is 0.966 bits per heavy atom. The summed E-state index contributed by atoms with van der Waals surface area (Å²) in [6.07, 6.45) is 3.34. The monoisotopic (exact) mass is 384 g/mol. The Hall–Kier alpha value is -3.47. The third-order valence-corrected chi connectivity index (χ3v) is 5.29. The van der Waals surface area contributed by atoms with E-state index in [-0.39, 0.29) is 5.91 Å². The molecule has 1 amide bonds. The molecule has 4 rings (SSSR count). The number of hydrogen-bond donors (Lipinski definition) is 1. The van der Waals surface area contributed by atoms with E-state index in [1.807, 2.05) is 49.4 Å². The fraction of sp³-hybridized carbons (Fsp3) is 0.208. The number of amides is 1. The van der Waals surface area contributed by atoms with Crippen LogP contribution in [0.3, 0.4) is 0 Å². The van der Waals surface area contributed by atoms with Gasteiger partial charge in [0.1, 0.15) is 0 Å². The maximum Gasteiger partial charge on any atom is 0.259 e. The second kappa shape index (κ2) is 7.87. The Morgan fingerprint density at radius 3 is 2.41 bits per heavy atom. The van der Waals surface area contributed by atoms with Gasteiger partial charge >= 0.3 is 0 Å². The van der Waals surface area contributed by atoms with Gasteiger partial charge < -0.3 is 5.32 Å². The SMILES string of the molecule is CCc1cccc(CC)c1NC(=O)c1cnn(-c2ccc3ccccc3n2)c1C. The zero-order valence-corrected chi connectivity index (χ0v) is 16.9. The molecule has 2 heterocycles. The molecule has 0 aliphatic rings. The van der Waals surface area contributed by atoms with Gasteiger partial charge in [-0.05, 0) is 49.1 Å². The van der Waals surface area contributed by atoms with Crippen LogP contribution in [0.15, 0.2) is 60.8 Å². The number of pyridine rings is 1. The molecule has 4 aromatic rings. The zero-order chi connectivity index (χ0) is 20.4. The van der Waals surface area contributed by atoms with Gasteiger partial charge in [-0.1, -0.05) is 50.2 Å². The minimum atomic E-state index is -0.148. The molecular formula is C24H24N4O. The number of nitrogens with one attached hydrogen (secondary N) is 1. The van der Waals surface area contributed by atoms with E-state index in [0.717, 1.165) is 46.3 Å². The maximum atomic E-state index is 13.0. The fourth-order valence-electron chi connectivity index (χ4n) is 3.62. The summed E-state index contributed by atoms with van der Waals surface area (Å²) in [5, 5.41) is 8.63. The van der Waals surface area contributed by atoms with Crippen LogP contribution in [-0.4, -0.2) is 20.7 Å². The quantitative estimate of drug-likeness (QED) is 0.520. The standard InChI is InChI=1S/C24H24N4O/c1-4-17-10-8-11-18(5-2)23(17)27-24(29)20-15-25-28(16(20)3)22-14-13-19-9-6-7-12-21(19)26-22/h6-15H,4-5H2,1-3H3,(H,27,29). The number of para-hydroxylation sites is 2. The summed E-state index contributed by atoms with van der Waals surface area (Å²) in [6, 6.07) is 18.1. The summed E-state index contributed by atoms with van der Waals surface area (Å²) in [5.74, 6) is 0.550. The molecule has 2 aromatic heterocycles. The van der Waals surface area contributed by atoms with Gasteiger partial charge in [0.05, 0.1) is 23.0 Å². The van der Waals surface area contributed by atoms with Crippen molar-refractivity contribution in [1.29, 1.82) is 0 Å². The molecule has 0 spiro atoms. The van der Waals surface area contributed by atoms with Gasteiger partial charge in [0, 0.05) is 11.1 Å². The molecule has 0 bridgehead atoms. The number of carbonyl (C=O) groups excluding carboxylic acids is 1. The fourth-order valence-corrected chi connectivity index (χ4v) is 3.62. The third kappa shape index (κ3) is 3.51. The molecule has 0 aliphatic heterocycles. The number of fused-ring (bicyclic) bond motifs is 1. The smallest absolute Gasteiger partial charge is 0.259 e. The predicted octanol–water partition coefficient (Wildman–Crippen LogP) is 5.11. The van der Waals surface area contributed by atoms with Gasteiger partial charge in [-0.2, -0.15) is 5.10 Å². The van der Waals surface area contributed by atoms with Crippen LogP contribution in [0.1, 0.15) is 41.0 Å². The lowest BCUT2D eigenvalue weighted by atomic mass is 10.0. The van der Waals surface area contributed by atoms with E-state index in [1.54, 1.807) is 10.9 Å². The average molecular weight is 384 g/mol. The molecule has 0 saturated heterocycles. The molecule has 0 unspecified atom stereocenters. The summed E-state index contributed by atoms with van der Waals surface area (Å²) >= 11 is 0. The van der Waals surface area contributed by atoms with Crippen molar-refractivity contribution in [2.75, 3.05) is 5.32 Å². The van der Waals surface area contributed by atoms with Gasteiger partial charge in [-0.3, -0.25) is 4.79 Å². The highest BCUT2D eigenvalue weighted by Crippen LogP contribution is 2.24. The average Bonchev–Trinajstić information content (AvgIpc) is 3.14. The highest BCUT2D eigenvalue weighted by Gasteiger charge is 2.18. The minimum absolute atomic E-state index is 0.148. The normalized spacial score (nSPS) is 11.0. The Morgan fingerprint density at radius 2 is 1.69 bits per heavy atom. The second-order valence-electron chi connectivity index (χ2n) is 7.03. The number of carbonyl (C=O) groups is 1.